The van der Waals surface area contributed by atoms with Crippen LogP contribution in [0.4, 0.5) is 0 Å². The molecule has 0 amide bonds. The summed E-state index contributed by atoms with van der Waals surface area (Å²) < 4.78 is 7.79. The van der Waals surface area contributed by atoms with Crippen molar-refractivity contribution in [1.29, 1.82) is 0 Å². The molecule has 0 spiro atoms. The molecule has 1 aromatic carbocycles. The van der Waals surface area contributed by atoms with E-state index in [4.69, 9.17) is 15.5 Å². The van der Waals surface area contributed by atoms with Crippen LogP contribution in [-0.2, 0) is 6.54 Å². The summed E-state index contributed by atoms with van der Waals surface area (Å²) in [7, 11) is 0. The molecular weight excluding hydrogens is 262 g/mol. The number of benzene rings is 1. The van der Waals surface area contributed by atoms with Crippen LogP contribution in [0.3, 0.4) is 0 Å². The Morgan fingerprint density at radius 3 is 2.76 bits per heavy atom. The molecule has 0 radical (unpaired) electrons. The average molecular weight is 281 g/mol. The van der Waals surface area contributed by atoms with E-state index in [9.17, 15) is 0 Å². The van der Waals surface area contributed by atoms with Gasteiger partial charge in [-0.1, -0.05) is 18.2 Å². The first kappa shape index (κ1) is 13.6. The van der Waals surface area contributed by atoms with E-state index in [0.717, 1.165) is 33.9 Å². The number of aryl methyl sites for hydroxylation is 1. The monoisotopic (exact) mass is 281 g/mol. The Labute approximate surface area is 124 Å². The maximum absolute atomic E-state index is 5.97. The Balaban J connectivity index is 2.28. The van der Waals surface area contributed by atoms with Gasteiger partial charge in [-0.2, -0.15) is 0 Å². The first-order valence-corrected chi connectivity index (χ1v) is 7.15. The quantitative estimate of drug-likeness (QED) is 0.799. The van der Waals surface area contributed by atoms with E-state index in [2.05, 4.69) is 17.4 Å². The number of hydrogen-bond acceptors (Lipinski definition) is 3. The molecule has 3 rings (SSSR count). The molecule has 0 unspecified atom stereocenters. The fourth-order valence-electron chi connectivity index (χ4n) is 2.61. The minimum absolute atomic E-state index is 0.431. The van der Waals surface area contributed by atoms with Crippen molar-refractivity contribution in [2.45, 2.75) is 20.4 Å². The summed E-state index contributed by atoms with van der Waals surface area (Å²) in [5.41, 5.74) is 10.9. The van der Waals surface area contributed by atoms with Gasteiger partial charge in [-0.05, 0) is 37.6 Å². The van der Waals surface area contributed by atoms with Gasteiger partial charge >= 0.3 is 0 Å². The molecule has 4 nitrogen and oxygen atoms in total. The summed E-state index contributed by atoms with van der Waals surface area (Å²) in [6.45, 7) is 5.09. The number of nitrogens with zero attached hydrogens (tertiary/aromatic N) is 2. The molecular formula is C17H19N3O. The molecule has 3 aromatic rings. The van der Waals surface area contributed by atoms with E-state index in [1.54, 1.807) is 0 Å². The summed E-state index contributed by atoms with van der Waals surface area (Å²) in [6, 6.07) is 12.0. The van der Waals surface area contributed by atoms with E-state index in [0.29, 0.717) is 13.2 Å². The summed E-state index contributed by atoms with van der Waals surface area (Å²) in [4.78, 5) is 4.80. The fraction of sp³-hybridized carbons (Fsp3) is 0.235. The van der Waals surface area contributed by atoms with Gasteiger partial charge in [0.2, 0.25) is 0 Å². The third-order valence-electron chi connectivity index (χ3n) is 3.58. The van der Waals surface area contributed by atoms with E-state index in [-0.39, 0.29) is 0 Å². The molecule has 0 saturated carbocycles. The highest BCUT2D eigenvalue weighted by atomic mass is 16.5. The molecule has 21 heavy (non-hydrogen) atoms. The van der Waals surface area contributed by atoms with Crippen molar-refractivity contribution in [3.63, 3.8) is 0 Å². The van der Waals surface area contributed by atoms with Gasteiger partial charge in [0.25, 0.3) is 0 Å². The lowest BCUT2D eigenvalue weighted by Gasteiger charge is -2.09. The third-order valence-corrected chi connectivity index (χ3v) is 3.58. The number of rotatable bonds is 4. The number of nitrogens with two attached hydrogens (primary N) is 1. The standard InChI is InChI=1S/C17H19N3O/c1-3-21-15-9-5-4-8-13(15)16-14(11-18)20-10-6-7-12(2)17(20)19-16/h4-10H,3,11,18H2,1-2H3. The topological polar surface area (TPSA) is 52.5 Å². The smallest absolute Gasteiger partial charge is 0.140 e. The van der Waals surface area contributed by atoms with Crippen molar-refractivity contribution in [2.24, 2.45) is 5.73 Å². The molecule has 0 atom stereocenters. The van der Waals surface area contributed by atoms with Gasteiger partial charge in [-0.3, -0.25) is 0 Å². The van der Waals surface area contributed by atoms with E-state index < -0.39 is 0 Å². The van der Waals surface area contributed by atoms with Gasteiger partial charge in [0.05, 0.1) is 18.0 Å². The Kier molecular flexibility index (Phi) is 3.62. The summed E-state index contributed by atoms with van der Waals surface area (Å²) in [5.74, 6) is 0.843. The van der Waals surface area contributed by atoms with Gasteiger partial charge < -0.3 is 14.9 Å². The molecule has 0 fully saturated rings. The van der Waals surface area contributed by atoms with Crippen molar-refractivity contribution in [2.75, 3.05) is 6.61 Å². The summed E-state index contributed by atoms with van der Waals surface area (Å²) in [5, 5.41) is 0. The highest BCUT2D eigenvalue weighted by Gasteiger charge is 2.16. The molecule has 0 aliphatic heterocycles. The minimum Gasteiger partial charge on any atom is -0.493 e. The number of aromatic nitrogens is 2. The molecule has 0 aliphatic rings. The van der Waals surface area contributed by atoms with Gasteiger partial charge in [0.1, 0.15) is 11.4 Å². The number of hydrogen-bond donors (Lipinski definition) is 1. The lowest BCUT2D eigenvalue weighted by Crippen LogP contribution is -2.03. The lowest BCUT2D eigenvalue weighted by molar-refractivity contribution is 0.341. The molecule has 0 saturated heterocycles. The third kappa shape index (κ3) is 2.28. The highest BCUT2D eigenvalue weighted by Crippen LogP contribution is 2.32. The summed E-state index contributed by atoms with van der Waals surface area (Å²) in [6.07, 6.45) is 2.00. The Bertz CT molecular complexity index is 777. The van der Waals surface area contributed by atoms with E-state index >= 15 is 0 Å². The van der Waals surface area contributed by atoms with Gasteiger partial charge in [0, 0.05) is 18.3 Å². The number of ether oxygens (including phenoxy) is 1. The second kappa shape index (κ2) is 5.58. The van der Waals surface area contributed by atoms with Crippen LogP contribution in [0.1, 0.15) is 18.2 Å². The highest BCUT2D eigenvalue weighted by molar-refractivity contribution is 5.73. The van der Waals surface area contributed by atoms with Crippen LogP contribution in [0.2, 0.25) is 0 Å². The SMILES string of the molecule is CCOc1ccccc1-c1nc2c(C)cccn2c1CN. The van der Waals surface area contributed by atoms with Gasteiger partial charge in [0.15, 0.2) is 0 Å². The van der Waals surface area contributed by atoms with Crippen LogP contribution in [-0.4, -0.2) is 16.0 Å². The van der Waals surface area contributed by atoms with Crippen molar-refractivity contribution >= 4 is 5.65 Å². The minimum atomic E-state index is 0.431. The van der Waals surface area contributed by atoms with Crippen LogP contribution in [0.15, 0.2) is 42.6 Å². The van der Waals surface area contributed by atoms with Crippen molar-refractivity contribution < 1.29 is 4.74 Å². The molecule has 2 heterocycles. The van der Waals surface area contributed by atoms with Crippen LogP contribution in [0.25, 0.3) is 16.9 Å². The maximum Gasteiger partial charge on any atom is 0.140 e. The number of imidazole rings is 1. The molecule has 0 bridgehead atoms. The van der Waals surface area contributed by atoms with Crippen molar-refractivity contribution in [3.05, 3.63) is 53.9 Å². The number of pyridine rings is 1. The Morgan fingerprint density at radius 2 is 2.00 bits per heavy atom. The number of fused-ring (bicyclic) bond motifs is 1. The van der Waals surface area contributed by atoms with Crippen LogP contribution in [0, 0.1) is 6.92 Å². The first-order chi connectivity index (χ1) is 10.3. The Morgan fingerprint density at radius 1 is 1.19 bits per heavy atom. The van der Waals surface area contributed by atoms with E-state index in [1.807, 2.05) is 43.5 Å². The van der Waals surface area contributed by atoms with E-state index in [1.165, 1.54) is 0 Å². The largest absolute Gasteiger partial charge is 0.493 e. The average Bonchev–Trinajstić information content (AvgIpc) is 2.88. The van der Waals surface area contributed by atoms with Gasteiger partial charge in [-0.25, -0.2) is 4.98 Å². The second-order valence-electron chi connectivity index (χ2n) is 4.93. The molecule has 2 N–H and O–H groups in total. The first-order valence-electron chi connectivity index (χ1n) is 7.15. The molecule has 4 heteroatoms. The molecule has 108 valence electrons. The number of para-hydroxylation sites is 1. The van der Waals surface area contributed by atoms with Crippen molar-refractivity contribution in [3.8, 4) is 17.0 Å². The predicted octanol–water partition coefficient (Wildman–Crippen LogP) is 3.17. The second-order valence-corrected chi connectivity index (χ2v) is 4.93. The van der Waals surface area contributed by atoms with Crippen molar-refractivity contribution in [1.82, 2.24) is 9.38 Å². The zero-order chi connectivity index (χ0) is 14.8. The zero-order valence-electron chi connectivity index (χ0n) is 12.3. The summed E-state index contributed by atoms with van der Waals surface area (Å²) >= 11 is 0. The Hall–Kier alpha value is -2.33. The maximum atomic E-state index is 5.97. The molecule has 2 aromatic heterocycles. The predicted molar refractivity (Wildman–Crippen MR) is 84.4 cm³/mol. The van der Waals surface area contributed by atoms with Crippen LogP contribution in [0.5, 0.6) is 5.75 Å². The lowest BCUT2D eigenvalue weighted by atomic mass is 10.1. The van der Waals surface area contributed by atoms with Crippen LogP contribution >= 0.6 is 0 Å². The fourth-order valence-corrected chi connectivity index (χ4v) is 2.61. The van der Waals surface area contributed by atoms with Crippen LogP contribution < -0.4 is 10.5 Å². The normalized spacial score (nSPS) is 11.0. The molecule has 0 aliphatic carbocycles. The zero-order valence-corrected chi connectivity index (χ0v) is 12.3. The van der Waals surface area contributed by atoms with Gasteiger partial charge in [-0.15, -0.1) is 0 Å².